The zero-order valence-corrected chi connectivity index (χ0v) is 11.5. The molecule has 3 rings (SSSR count). The van der Waals surface area contributed by atoms with E-state index >= 15 is 0 Å². The first kappa shape index (κ1) is 12.9. The highest BCUT2D eigenvalue weighted by Crippen LogP contribution is 2.15. The predicted octanol–water partition coefficient (Wildman–Crippen LogP) is 2.34. The maximum Gasteiger partial charge on any atom is 0.254 e. The van der Waals surface area contributed by atoms with Gasteiger partial charge in [0, 0.05) is 30.2 Å². The number of carbonyl (C=O) groups is 1. The molecule has 1 aromatic carbocycles. The van der Waals surface area contributed by atoms with Crippen LogP contribution < -0.4 is 0 Å². The van der Waals surface area contributed by atoms with E-state index < -0.39 is 0 Å². The molecule has 1 saturated heterocycles. The van der Waals surface area contributed by atoms with Crippen LogP contribution in [0.3, 0.4) is 0 Å². The minimum atomic E-state index is 0.0832. The molecule has 1 amide bonds. The number of aromatic nitrogens is 1. The monoisotopic (exact) mass is 270 g/mol. The van der Waals surface area contributed by atoms with E-state index in [0.717, 1.165) is 11.3 Å². The topological polar surface area (TPSA) is 34.5 Å². The second-order valence-electron chi connectivity index (χ2n) is 5.06. The van der Waals surface area contributed by atoms with E-state index in [2.05, 4.69) is 0 Å². The summed E-state index contributed by atoms with van der Waals surface area (Å²) in [5.74, 6) is 0.0832. The number of amides is 1. The first-order chi connectivity index (χ1) is 9.75. The molecule has 0 N–H and O–H groups in total. The molecule has 2 heterocycles. The zero-order valence-electron chi connectivity index (χ0n) is 11.5. The molecule has 0 saturated carbocycles. The number of hydrogen-bond donors (Lipinski definition) is 0. The quantitative estimate of drug-likeness (QED) is 0.839. The molecule has 1 aliphatic rings. The van der Waals surface area contributed by atoms with Crippen LogP contribution in [0.15, 0.2) is 48.8 Å². The molecule has 4 nitrogen and oxygen atoms in total. The molecule has 1 aromatic heterocycles. The third-order valence-electron chi connectivity index (χ3n) is 3.65. The standard InChI is InChI=1S/C16H18N2O2/c1-13-12-20-11-10-18(13)16(19)14-4-6-15(7-5-14)17-8-2-3-9-17/h2-9,13H,10-12H2,1H3. The molecule has 2 aromatic rings. The van der Waals surface area contributed by atoms with E-state index in [9.17, 15) is 4.79 Å². The van der Waals surface area contributed by atoms with E-state index in [4.69, 9.17) is 4.74 Å². The summed E-state index contributed by atoms with van der Waals surface area (Å²) in [6.07, 6.45) is 3.97. The largest absolute Gasteiger partial charge is 0.377 e. The van der Waals surface area contributed by atoms with Crippen LogP contribution in [-0.4, -0.2) is 41.2 Å². The average molecular weight is 270 g/mol. The van der Waals surface area contributed by atoms with Crippen molar-refractivity contribution in [2.75, 3.05) is 19.8 Å². The second-order valence-corrected chi connectivity index (χ2v) is 5.06. The number of morpholine rings is 1. The Morgan fingerprint density at radius 2 is 1.90 bits per heavy atom. The van der Waals surface area contributed by atoms with Gasteiger partial charge in [-0.15, -0.1) is 0 Å². The van der Waals surface area contributed by atoms with E-state index in [1.165, 1.54) is 0 Å². The van der Waals surface area contributed by atoms with Gasteiger partial charge in [0.15, 0.2) is 0 Å². The summed E-state index contributed by atoms with van der Waals surface area (Å²) < 4.78 is 7.39. The minimum absolute atomic E-state index is 0.0832. The predicted molar refractivity (Wildman–Crippen MR) is 77.1 cm³/mol. The Hall–Kier alpha value is -2.07. The lowest BCUT2D eigenvalue weighted by Gasteiger charge is -2.33. The highest BCUT2D eigenvalue weighted by Gasteiger charge is 2.24. The summed E-state index contributed by atoms with van der Waals surface area (Å²) in [6, 6.07) is 11.8. The van der Waals surface area contributed by atoms with Crippen LogP contribution in [0.5, 0.6) is 0 Å². The SMILES string of the molecule is CC1COCCN1C(=O)c1ccc(-n2cccc2)cc1. The molecule has 0 aliphatic carbocycles. The molecule has 0 radical (unpaired) electrons. The highest BCUT2D eigenvalue weighted by molar-refractivity contribution is 5.94. The molecule has 4 heteroatoms. The van der Waals surface area contributed by atoms with Crippen molar-refractivity contribution < 1.29 is 9.53 Å². The number of benzene rings is 1. The Morgan fingerprint density at radius 1 is 1.20 bits per heavy atom. The fourth-order valence-corrected chi connectivity index (χ4v) is 2.48. The lowest BCUT2D eigenvalue weighted by molar-refractivity contribution is 0.00359. The highest BCUT2D eigenvalue weighted by atomic mass is 16.5. The summed E-state index contributed by atoms with van der Waals surface area (Å²) in [5, 5.41) is 0. The lowest BCUT2D eigenvalue weighted by Crippen LogP contribution is -2.47. The van der Waals surface area contributed by atoms with Gasteiger partial charge < -0.3 is 14.2 Å². The molecule has 0 bridgehead atoms. The summed E-state index contributed by atoms with van der Waals surface area (Å²) >= 11 is 0. The van der Waals surface area contributed by atoms with Crippen LogP contribution in [-0.2, 0) is 4.74 Å². The van der Waals surface area contributed by atoms with Gasteiger partial charge in [-0.3, -0.25) is 4.79 Å². The number of nitrogens with zero attached hydrogens (tertiary/aromatic N) is 2. The van der Waals surface area contributed by atoms with Gasteiger partial charge in [0.1, 0.15) is 0 Å². The molecule has 20 heavy (non-hydrogen) atoms. The van der Waals surface area contributed by atoms with Crippen molar-refractivity contribution in [2.45, 2.75) is 13.0 Å². The lowest BCUT2D eigenvalue weighted by atomic mass is 10.1. The molecule has 0 spiro atoms. The van der Waals surface area contributed by atoms with Gasteiger partial charge in [-0.1, -0.05) is 0 Å². The third-order valence-corrected chi connectivity index (χ3v) is 3.65. The fourth-order valence-electron chi connectivity index (χ4n) is 2.48. The van der Waals surface area contributed by atoms with Gasteiger partial charge in [0.2, 0.25) is 0 Å². The Kier molecular flexibility index (Phi) is 3.56. The molecule has 1 aliphatic heterocycles. The van der Waals surface area contributed by atoms with Crippen LogP contribution in [0.1, 0.15) is 17.3 Å². The van der Waals surface area contributed by atoms with Crippen molar-refractivity contribution in [3.05, 3.63) is 54.4 Å². The fraction of sp³-hybridized carbons (Fsp3) is 0.312. The van der Waals surface area contributed by atoms with Crippen molar-refractivity contribution in [3.8, 4) is 5.69 Å². The van der Waals surface area contributed by atoms with Gasteiger partial charge in [0.25, 0.3) is 5.91 Å². The Morgan fingerprint density at radius 3 is 2.55 bits per heavy atom. The van der Waals surface area contributed by atoms with Crippen LogP contribution >= 0.6 is 0 Å². The zero-order chi connectivity index (χ0) is 13.9. The average Bonchev–Trinajstić information content (AvgIpc) is 3.01. The number of hydrogen-bond acceptors (Lipinski definition) is 2. The maximum absolute atomic E-state index is 12.5. The van der Waals surface area contributed by atoms with E-state index in [1.807, 2.05) is 65.2 Å². The van der Waals surface area contributed by atoms with Crippen LogP contribution in [0.25, 0.3) is 5.69 Å². The third kappa shape index (κ3) is 2.47. The first-order valence-corrected chi connectivity index (χ1v) is 6.88. The van der Waals surface area contributed by atoms with E-state index in [-0.39, 0.29) is 11.9 Å². The minimum Gasteiger partial charge on any atom is -0.377 e. The van der Waals surface area contributed by atoms with Crippen molar-refractivity contribution in [1.82, 2.24) is 9.47 Å². The first-order valence-electron chi connectivity index (χ1n) is 6.88. The van der Waals surface area contributed by atoms with Gasteiger partial charge in [-0.05, 0) is 43.3 Å². The van der Waals surface area contributed by atoms with Gasteiger partial charge in [0.05, 0.1) is 19.3 Å². The van der Waals surface area contributed by atoms with Crippen LogP contribution in [0, 0.1) is 0 Å². The Bertz CT molecular complexity index is 575. The van der Waals surface area contributed by atoms with Gasteiger partial charge in [-0.25, -0.2) is 0 Å². The summed E-state index contributed by atoms with van der Waals surface area (Å²) in [5.41, 5.74) is 1.79. The second kappa shape index (κ2) is 5.51. The molecular weight excluding hydrogens is 252 g/mol. The molecule has 104 valence electrons. The molecule has 1 atom stereocenters. The Balaban J connectivity index is 1.78. The smallest absolute Gasteiger partial charge is 0.254 e. The number of carbonyl (C=O) groups excluding carboxylic acids is 1. The summed E-state index contributed by atoms with van der Waals surface area (Å²) in [7, 11) is 0. The van der Waals surface area contributed by atoms with Crippen molar-refractivity contribution in [1.29, 1.82) is 0 Å². The molecule has 1 unspecified atom stereocenters. The molecule has 1 fully saturated rings. The van der Waals surface area contributed by atoms with Crippen molar-refractivity contribution in [3.63, 3.8) is 0 Å². The summed E-state index contributed by atoms with van der Waals surface area (Å²) in [6.45, 7) is 3.93. The van der Waals surface area contributed by atoms with Crippen molar-refractivity contribution in [2.24, 2.45) is 0 Å². The number of rotatable bonds is 2. The normalized spacial score (nSPS) is 19.1. The van der Waals surface area contributed by atoms with Crippen LogP contribution in [0.4, 0.5) is 0 Å². The van der Waals surface area contributed by atoms with E-state index in [1.54, 1.807) is 0 Å². The van der Waals surface area contributed by atoms with E-state index in [0.29, 0.717) is 19.8 Å². The molecular formula is C16H18N2O2. The van der Waals surface area contributed by atoms with Crippen LogP contribution in [0.2, 0.25) is 0 Å². The summed E-state index contributed by atoms with van der Waals surface area (Å²) in [4.78, 5) is 14.4. The Labute approximate surface area is 118 Å². The number of ether oxygens (including phenoxy) is 1. The van der Waals surface area contributed by atoms with Gasteiger partial charge >= 0.3 is 0 Å². The van der Waals surface area contributed by atoms with Crippen molar-refractivity contribution >= 4 is 5.91 Å². The van der Waals surface area contributed by atoms with Gasteiger partial charge in [-0.2, -0.15) is 0 Å². The maximum atomic E-state index is 12.5.